The number of benzene rings is 1. The zero-order valence-corrected chi connectivity index (χ0v) is 12.7. The second-order valence-electron chi connectivity index (χ2n) is 5.82. The molecule has 2 aromatic rings. The zero-order valence-electron chi connectivity index (χ0n) is 12.7. The molecule has 0 bridgehead atoms. The Hall–Kier alpha value is -2.40. The van der Waals surface area contributed by atoms with Crippen LogP contribution in [0.4, 0.5) is 5.82 Å². The Morgan fingerprint density at radius 3 is 3.04 bits per heavy atom. The molecule has 1 aromatic heterocycles. The van der Waals surface area contributed by atoms with E-state index in [0.29, 0.717) is 12.4 Å². The Kier molecular flexibility index (Phi) is 3.71. The molecule has 0 aliphatic carbocycles. The van der Waals surface area contributed by atoms with Gasteiger partial charge in [0.2, 0.25) is 0 Å². The van der Waals surface area contributed by atoms with Crippen molar-refractivity contribution in [2.75, 3.05) is 18.5 Å². The van der Waals surface area contributed by atoms with Crippen LogP contribution in [0, 0.1) is 0 Å². The number of pyridine rings is 1. The minimum absolute atomic E-state index is 0.116. The largest absolute Gasteiger partial charge is 0.493 e. The van der Waals surface area contributed by atoms with Crippen molar-refractivity contribution in [2.24, 2.45) is 0 Å². The van der Waals surface area contributed by atoms with Crippen LogP contribution in [0.2, 0.25) is 0 Å². The van der Waals surface area contributed by atoms with Crippen LogP contribution in [0.15, 0.2) is 36.4 Å². The van der Waals surface area contributed by atoms with Gasteiger partial charge in [-0.15, -0.1) is 0 Å². The fraction of sp³-hybridized carbons (Fsp3) is 0.333. The van der Waals surface area contributed by atoms with Crippen LogP contribution in [-0.4, -0.2) is 30.2 Å². The molecule has 118 valence electrons. The van der Waals surface area contributed by atoms with Crippen LogP contribution in [0.3, 0.4) is 0 Å². The van der Waals surface area contributed by atoms with Gasteiger partial charge in [-0.2, -0.15) is 0 Å². The monoisotopic (exact) mass is 310 g/mol. The van der Waals surface area contributed by atoms with E-state index in [9.17, 15) is 4.79 Å². The van der Waals surface area contributed by atoms with Gasteiger partial charge in [-0.25, -0.2) is 4.98 Å². The molecule has 1 atom stereocenters. The summed E-state index contributed by atoms with van der Waals surface area (Å²) in [4.78, 5) is 16.7. The molecular weight excluding hydrogens is 292 g/mol. The summed E-state index contributed by atoms with van der Waals surface area (Å²) in [6.45, 7) is 1.40. The van der Waals surface area contributed by atoms with Crippen LogP contribution in [0.1, 0.15) is 18.4 Å². The highest BCUT2D eigenvalue weighted by Crippen LogP contribution is 2.30. The molecule has 0 spiro atoms. The average molecular weight is 310 g/mol. The lowest BCUT2D eigenvalue weighted by Crippen LogP contribution is -2.27. The first-order valence-corrected chi connectivity index (χ1v) is 7.95. The molecule has 1 saturated heterocycles. The van der Waals surface area contributed by atoms with Crippen molar-refractivity contribution in [3.63, 3.8) is 0 Å². The number of hydrogen-bond acceptors (Lipinski definition) is 4. The summed E-state index contributed by atoms with van der Waals surface area (Å²) >= 11 is 0. The second-order valence-corrected chi connectivity index (χ2v) is 5.82. The highest BCUT2D eigenvalue weighted by atomic mass is 16.5. The molecule has 1 fully saturated rings. The van der Waals surface area contributed by atoms with E-state index in [4.69, 9.17) is 9.47 Å². The maximum Gasteiger partial charge on any atom is 0.254 e. The van der Waals surface area contributed by atoms with E-state index in [1.807, 2.05) is 24.3 Å². The summed E-state index contributed by atoms with van der Waals surface area (Å²) in [5, 5.41) is 2.85. The molecule has 0 unspecified atom stereocenters. The second kappa shape index (κ2) is 6.01. The number of nitrogens with one attached hydrogen (secondary N) is 1. The summed E-state index contributed by atoms with van der Waals surface area (Å²) in [6, 6.07) is 11.7. The summed E-state index contributed by atoms with van der Waals surface area (Å²) in [6.07, 6.45) is 2.29. The molecule has 2 aliphatic rings. The topological polar surface area (TPSA) is 60.5 Å². The predicted octanol–water partition coefficient (Wildman–Crippen LogP) is 2.80. The number of aromatic nitrogens is 1. The van der Waals surface area contributed by atoms with Gasteiger partial charge in [0, 0.05) is 18.6 Å². The number of carbonyl (C=O) groups is 1. The maximum atomic E-state index is 12.1. The number of hydrogen-bond donors (Lipinski definition) is 1. The Labute approximate surface area is 134 Å². The Morgan fingerprint density at radius 1 is 1.22 bits per heavy atom. The van der Waals surface area contributed by atoms with E-state index in [-0.39, 0.29) is 12.0 Å². The van der Waals surface area contributed by atoms with Gasteiger partial charge in [-0.3, -0.25) is 4.79 Å². The number of anilines is 1. The normalized spacial score (nSPS) is 19.2. The molecule has 23 heavy (non-hydrogen) atoms. The fourth-order valence-corrected chi connectivity index (χ4v) is 3.00. The minimum atomic E-state index is -0.349. The van der Waals surface area contributed by atoms with Gasteiger partial charge in [-0.1, -0.05) is 6.07 Å². The number of amides is 1. The van der Waals surface area contributed by atoms with Gasteiger partial charge in [0.1, 0.15) is 17.7 Å². The van der Waals surface area contributed by atoms with Crippen LogP contribution in [0.25, 0.3) is 11.3 Å². The highest BCUT2D eigenvalue weighted by molar-refractivity contribution is 5.93. The van der Waals surface area contributed by atoms with Gasteiger partial charge in [0.15, 0.2) is 0 Å². The third kappa shape index (κ3) is 2.92. The molecule has 1 aromatic carbocycles. The first-order chi connectivity index (χ1) is 11.3. The average Bonchev–Trinajstić information content (AvgIpc) is 3.26. The molecule has 0 radical (unpaired) electrons. The number of carbonyl (C=O) groups excluding carboxylic acids is 1. The van der Waals surface area contributed by atoms with Gasteiger partial charge >= 0.3 is 0 Å². The van der Waals surface area contributed by atoms with Crippen molar-refractivity contribution in [3.8, 4) is 17.0 Å². The molecule has 3 heterocycles. The van der Waals surface area contributed by atoms with E-state index < -0.39 is 0 Å². The minimum Gasteiger partial charge on any atom is -0.493 e. The van der Waals surface area contributed by atoms with Crippen LogP contribution < -0.4 is 10.1 Å². The zero-order chi connectivity index (χ0) is 15.6. The molecule has 2 aliphatic heterocycles. The van der Waals surface area contributed by atoms with Crippen LogP contribution >= 0.6 is 0 Å². The van der Waals surface area contributed by atoms with E-state index in [0.717, 1.165) is 42.9 Å². The summed E-state index contributed by atoms with van der Waals surface area (Å²) in [7, 11) is 0. The lowest BCUT2D eigenvalue weighted by molar-refractivity contribution is -0.124. The van der Waals surface area contributed by atoms with Crippen molar-refractivity contribution in [3.05, 3.63) is 42.0 Å². The van der Waals surface area contributed by atoms with Crippen LogP contribution in [0.5, 0.6) is 5.75 Å². The number of rotatable bonds is 3. The predicted molar refractivity (Wildman–Crippen MR) is 86.5 cm³/mol. The van der Waals surface area contributed by atoms with E-state index in [2.05, 4.69) is 16.4 Å². The Bertz CT molecular complexity index is 739. The third-order valence-electron chi connectivity index (χ3n) is 4.21. The van der Waals surface area contributed by atoms with Crippen LogP contribution in [-0.2, 0) is 16.0 Å². The molecule has 4 rings (SSSR count). The van der Waals surface area contributed by atoms with Gasteiger partial charge in [0.05, 0.1) is 12.3 Å². The van der Waals surface area contributed by atoms with E-state index in [1.54, 1.807) is 6.07 Å². The molecule has 1 N–H and O–H groups in total. The van der Waals surface area contributed by atoms with Crippen molar-refractivity contribution in [1.82, 2.24) is 4.98 Å². The fourth-order valence-electron chi connectivity index (χ4n) is 3.00. The van der Waals surface area contributed by atoms with Gasteiger partial charge in [0.25, 0.3) is 5.91 Å². The number of fused-ring (bicyclic) bond motifs is 1. The smallest absolute Gasteiger partial charge is 0.254 e. The van der Waals surface area contributed by atoms with Gasteiger partial charge in [-0.05, 0) is 48.7 Å². The van der Waals surface area contributed by atoms with Crippen molar-refractivity contribution in [1.29, 1.82) is 0 Å². The van der Waals surface area contributed by atoms with E-state index in [1.165, 1.54) is 5.56 Å². The Balaban J connectivity index is 1.55. The van der Waals surface area contributed by atoms with Gasteiger partial charge < -0.3 is 14.8 Å². The molecule has 0 saturated carbocycles. The lowest BCUT2D eigenvalue weighted by atomic mass is 10.1. The molecule has 5 heteroatoms. The Morgan fingerprint density at radius 2 is 2.17 bits per heavy atom. The van der Waals surface area contributed by atoms with E-state index >= 15 is 0 Å². The summed E-state index contributed by atoms with van der Waals surface area (Å²) in [5.41, 5.74) is 3.07. The quantitative estimate of drug-likeness (QED) is 0.947. The molecule has 5 nitrogen and oxygen atoms in total. The summed E-state index contributed by atoms with van der Waals surface area (Å²) < 4.78 is 10.9. The standard InChI is InChI=1S/C18H18N2O3/c21-18(16-4-2-9-22-16)20-17-5-1-3-14(19-17)12-6-7-15-13(11-12)8-10-23-15/h1,3,5-7,11,16H,2,4,8-10H2,(H,19,20,21)/t16-/m0/s1. The first kappa shape index (κ1) is 14.2. The summed E-state index contributed by atoms with van der Waals surface area (Å²) in [5.74, 6) is 1.39. The first-order valence-electron chi connectivity index (χ1n) is 7.95. The lowest BCUT2D eigenvalue weighted by Gasteiger charge is -2.11. The number of ether oxygens (including phenoxy) is 2. The van der Waals surface area contributed by atoms with Crippen molar-refractivity contribution in [2.45, 2.75) is 25.4 Å². The maximum absolute atomic E-state index is 12.1. The SMILES string of the molecule is O=C(Nc1cccc(-c2ccc3c(c2)CCO3)n1)[C@@H]1CCCO1. The highest BCUT2D eigenvalue weighted by Gasteiger charge is 2.23. The van der Waals surface area contributed by atoms with Crippen molar-refractivity contribution >= 4 is 11.7 Å². The molecule has 1 amide bonds. The molecular formula is C18H18N2O3. The van der Waals surface area contributed by atoms with Crippen molar-refractivity contribution < 1.29 is 14.3 Å². The number of nitrogens with zero attached hydrogens (tertiary/aromatic N) is 1. The third-order valence-corrected chi connectivity index (χ3v) is 4.21.